The van der Waals surface area contributed by atoms with Gasteiger partial charge in [-0.3, -0.25) is 9.78 Å². The van der Waals surface area contributed by atoms with Gasteiger partial charge in [-0.05, 0) is 43.7 Å². The normalized spacial score (nSPS) is 10.2. The molecule has 0 unspecified atom stereocenters. The van der Waals surface area contributed by atoms with E-state index in [1.54, 1.807) is 24.4 Å². The van der Waals surface area contributed by atoms with E-state index in [4.69, 9.17) is 11.5 Å². The number of anilines is 3. The molecule has 1 heterocycles. The first-order chi connectivity index (χ1) is 8.99. The molecular weight excluding hydrogens is 240 g/mol. The third-order valence-corrected chi connectivity index (χ3v) is 2.94. The number of rotatable bonds is 3. The molecule has 98 valence electrons. The monoisotopic (exact) mass is 256 g/mol. The van der Waals surface area contributed by atoms with Crippen molar-refractivity contribution in [1.29, 1.82) is 0 Å². The van der Waals surface area contributed by atoms with Crippen molar-refractivity contribution in [2.24, 2.45) is 5.73 Å². The molecule has 5 heteroatoms. The maximum absolute atomic E-state index is 11.1. The van der Waals surface area contributed by atoms with Crippen LogP contribution >= 0.6 is 0 Å². The fourth-order valence-electron chi connectivity index (χ4n) is 1.85. The summed E-state index contributed by atoms with van der Waals surface area (Å²) in [5.74, 6) is -0.494. The number of aromatic nitrogens is 1. The number of aryl methyl sites for hydroxylation is 2. The second-order valence-corrected chi connectivity index (χ2v) is 4.38. The van der Waals surface area contributed by atoms with Crippen LogP contribution in [-0.2, 0) is 0 Å². The van der Waals surface area contributed by atoms with Gasteiger partial charge >= 0.3 is 0 Å². The molecular formula is C14H16N4O. The Kier molecular flexibility index (Phi) is 3.37. The molecule has 0 aliphatic rings. The number of hydrogen-bond donors (Lipinski definition) is 3. The lowest BCUT2D eigenvalue weighted by Crippen LogP contribution is -2.11. The van der Waals surface area contributed by atoms with Crippen molar-refractivity contribution in [2.45, 2.75) is 13.8 Å². The van der Waals surface area contributed by atoms with Crippen LogP contribution in [0.5, 0.6) is 0 Å². The minimum absolute atomic E-state index is 0.391. The predicted octanol–water partition coefficient (Wildman–Crippen LogP) is 2.12. The first-order valence-corrected chi connectivity index (χ1v) is 5.87. The number of nitrogen functional groups attached to an aromatic ring is 1. The molecule has 0 bridgehead atoms. The largest absolute Gasteiger partial charge is 0.397 e. The van der Waals surface area contributed by atoms with Gasteiger partial charge in [-0.15, -0.1) is 0 Å². The molecule has 0 saturated carbocycles. The highest BCUT2D eigenvalue weighted by Crippen LogP contribution is 2.27. The first-order valence-electron chi connectivity index (χ1n) is 5.87. The zero-order valence-corrected chi connectivity index (χ0v) is 10.9. The molecule has 1 aromatic carbocycles. The lowest BCUT2D eigenvalue weighted by Gasteiger charge is -2.14. The van der Waals surface area contributed by atoms with E-state index in [2.05, 4.69) is 10.3 Å². The smallest absolute Gasteiger partial charge is 0.248 e. The van der Waals surface area contributed by atoms with Crippen molar-refractivity contribution in [3.63, 3.8) is 0 Å². The molecule has 2 rings (SSSR count). The van der Waals surface area contributed by atoms with E-state index in [0.717, 1.165) is 22.6 Å². The number of carbonyl (C=O) groups excluding carboxylic acids is 1. The molecule has 0 aliphatic heterocycles. The van der Waals surface area contributed by atoms with Crippen molar-refractivity contribution in [3.05, 3.63) is 47.3 Å². The van der Waals surface area contributed by atoms with Gasteiger partial charge in [0.1, 0.15) is 0 Å². The zero-order chi connectivity index (χ0) is 14.0. The number of nitrogens with one attached hydrogen (secondary N) is 1. The Balaban J connectivity index is 2.36. The average Bonchev–Trinajstić information content (AvgIpc) is 2.35. The summed E-state index contributed by atoms with van der Waals surface area (Å²) in [6, 6.07) is 6.86. The summed E-state index contributed by atoms with van der Waals surface area (Å²) < 4.78 is 0. The van der Waals surface area contributed by atoms with Gasteiger partial charge in [0.25, 0.3) is 0 Å². The Morgan fingerprint density at radius 1 is 1.26 bits per heavy atom. The van der Waals surface area contributed by atoms with Crippen LogP contribution in [0, 0.1) is 13.8 Å². The number of pyridine rings is 1. The Bertz CT molecular complexity index is 617. The van der Waals surface area contributed by atoms with Crippen LogP contribution in [0.4, 0.5) is 17.1 Å². The zero-order valence-electron chi connectivity index (χ0n) is 10.9. The predicted molar refractivity (Wildman–Crippen MR) is 76.4 cm³/mol. The number of benzene rings is 1. The van der Waals surface area contributed by atoms with Gasteiger partial charge in [0, 0.05) is 11.8 Å². The minimum atomic E-state index is -0.494. The molecule has 0 saturated heterocycles. The molecule has 19 heavy (non-hydrogen) atoms. The molecule has 5 N–H and O–H groups in total. The molecule has 1 amide bonds. The van der Waals surface area contributed by atoms with E-state index < -0.39 is 5.91 Å². The summed E-state index contributed by atoms with van der Waals surface area (Å²) in [5, 5.41) is 3.24. The van der Waals surface area contributed by atoms with E-state index in [-0.39, 0.29) is 0 Å². The van der Waals surface area contributed by atoms with E-state index in [9.17, 15) is 4.79 Å². The van der Waals surface area contributed by atoms with Gasteiger partial charge in [0.2, 0.25) is 5.91 Å². The second-order valence-electron chi connectivity index (χ2n) is 4.38. The van der Waals surface area contributed by atoms with Crippen molar-refractivity contribution < 1.29 is 4.79 Å². The summed E-state index contributed by atoms with van der Waals surface area (Å²) in [7, 11) is 0. The molecule has 0 radical (unpaired) electrons. The molecule has 5 nitrogen and oxygen atoms in total. The van der Waals surface area contributed by atoms with Gasteiger partial charge < -0.3 is 16.8 Å². The summed E-state index contributed by atoms with van der Waals surface area (Å²) in [4.78, 5) is 15.3. The Morgan fingerprint density at radius 2 is 2.00 bits per heavy atom. The number of nitrogens with two attached hydrogens (primary N) is 2. The third kappa shape index (κ3) is 2.65. The SMILES string of the molecule is Cc1ccnc(C)c1Nc1ccc(C(N)=O)cc1N. The van der Waals surface area contributed by atoms with E-state index in [0.29, 0.717) is 11.3 Å². The van der Waals surface area contributed by atoms with Crippen molar-refractivity contribution in [2.75, 3.05) is 11.1 Å². The fourth-order valence-corrected chi connectivity index (χ4v) is 1.85. The van der Waals surface area contributed by atoms with Crippen LogP contribution in [0.3, 0.4) is 0 Å². The van der Waals surface area contributed by atoms with E-state index in [1.807, 2.05) is 19.9 Å². The molecule has 0 fully saturated rings. The fraction of sp³-hybridized carbons (Fsp3) is 0.143. The maximum Gasteiger partial charge on any atom is 0.248 e. The topological polar surface area (TPSA) is 94.0 Å². The van der Waals surface area contributed by atoms with Crippen molar-refractivity contribution in [3.8, 4) is 0 Å². The third-order valence-electron chi connectivity index (χ3n) is 2.94. The highest BCUT2D eigenvalue weighted by Gasteiger charge is 2.08. The first kappa shape index (κ1) is 12.9. The summed E-state index contributed by atoms with van der Waals surface area (Å²) >= 11 is 0. The number of nitrogens with zero attached hydrogens (tertiary/aromatic N) is 1. The Morgan fingerprint density at radius 3 is 2.58 bits per heavy atom. The van der Waals surface area contributed by atoms with E-state index in [1.165, 1.54) is 0 Å². The van der Waals surface area contributed by atoms with E-state index >= 15 is 0 Å². The van der Waals surface area contributed by atoms with Gasteiger partial charge in [-0.1, -0.05) is 0 Å². The number of hydrogen-bond acceptors (Lipinski definition) is 4. The van der Waals surface area contributed by atoms with Crippen LogP contribution in [0.15, 0.2) is 30.5 Å². The minimum Gasteiger partial charge on any atom is -0.397 e. The van der Waals surface area contributed by atoms with Crippen LogP contribution in [0.25, 0.3) is 0 Å². The van der Waals surface area contributed by atoms with Gasteiger partial charge in [0.05, 0.1) is 22.8 Å². The van der Waals surface area contributed by atoms with Crippen LogP contribution in [-0.4, -0.2) is 10.9 Å². The number of amides is 1. The standard InChI is InChI=1S/C14H16N4O/c1-8-5-6-17-9(2)13(8)18-12-4-3-10(14(16)19)7-11(12)15/h3-7,18H,15H2,1-2H3,(H2,16,19). The van der Waals surface area contributed by atoms with Crippen molar-refractivity contribution in [1.82, 2.24) is 4.98 Å². The molecule has 2 aromatic rings. The van der Waals surface area contributed by atoms with Crippen LogP contribution in [0.1, 0.15) is 21.6 Å². The Labute approximate surface area is 111 Å². The molecule has 0 spiro atoms. The number of primary amides is 1. The number of carbonyl (C=O) groups is 1. The summed E-state index contributed by atoms with van der Waals surface area (Å²) in [6.45, 7) is 3.91. The molecule has 0 atom stereocenters. The van der Waals surface area contributed by atoms with Crippen LogP contribution in [0.2, 0.25) is 0 Å². The summed E-state index contributed by atoms with van der Waals surface area (Å²) in [5.41, 5.74) is 15.6. The highest BCUT2D eigenvalue weighted by molar-refractivity contribution is 5.95. The van der Waals surface area contributed by atoms with Gasteiger partial charge in [0.15, 0.2) is 0 Å². The quantitative estimate of drug-likeness (QED) is 0.733. The lowest BCUT2D eigenvalue weighted by molar-refractivity contribution is 0.100. The van der Waals surface area contributed by atoms with Gasteiger partial charge in [-0.2, -0.15) is 0 Å². The maximum atomic E-state index is 11.1. The average molecular weight is 256 g/mol. The Hall–Kier alpha value is -2.56. The second kappa shape index (κ2) is 4.97. The summed E-state index contributed by atoms with van der Waals surface area (Å²) in [6.07, 6.45) is 1.76. The highest BCUT2D eigenvalue weighted by atomic mass is 16.1. The van der Waals surface area contributed by atoms with Crippen LogP contribution < -0.4 is 16.8 Å². The van der Waals surface area contributed by atoms with Crippen molar-refractivity contribution >= 4 is 23.0 Å². The molecule has 0 aliphatic carbocycles. The lowest BCUT2D eigenvalue weighted by atomic mass is 10.1. The van der Waals surface area contributed by atoms with Gasteiger partial charge in [-0.25, -0.2) is 0 Å². The molecule has 1 aromatic heterocycles.